The number of sulfonamides is 1. The highest BCUT2D eigenvalue weighted by Crippen LogP contribution is 2.25. The van der Waals surface area contributed by atoms with Gasteiger partial charge in [0.05, 0.1) is 10.6 Å². The van der Waals surface area contributed by atoms with Crippen molar-refractivity contribution in [2.24, 2.45) is 0 Å². The second kappa shape index (κ2) is 8.31. The molecule has 8 heteroatoms. The van der Waals surface area contributed by atoms with Crippen molar-refractivity contribution in [3.8, 4) is 10.6 Å². The van der Waals surface area contributed by atoms with Gasteiger partial charge in [0.2, 0.25) is 10.0 Å². The molecule has 0 atom stereocenters. The molecule has 1 fully saturated rings. The van der Waals surface area contributed by atoms with Crippen LogP contribution in [-0.4, -0.2) is 48.8 Å². The Balaban J connectivity index is 1.38. The third-order valence-electron chi connectivity index (χ3n) is 4.72. The number of thiazole rings is 1. The van der Waals surface area contributed by atoms with Crippen LogP contribution in [-0.2, 0) is 16.6 Å². The van der Waals surface area contributed by atoms with E-state index in [2.05, 4.69) is 22.4 Å². The molecule has 0 saturated carbocycles. The fraction of sp³-hybridized carbons (Fsp3) is 0.250. The first-order chi connectivity index (χ1) is 13.5. The number of hydrogen-bond donors (Lipinski definition) is 0. The lowest BCUT2D eigenvalue weighted by Crippen LogP contribution is -2.48. The lowest BCUT2D eigenvalue weighted by atomic mass is 10.2. The number of piperazine rings is 1. The summed E-state index contributed by atoms with van der Waals surface area (Å²) < 4.78 is 27.1. The molecule has 1 aliphatic rings. The van der Waals surface area contributed by atoms with Crippen LogP contribution < -0.4 is 0 Å². The average molecular weight is 434 g/mol. The molecule has 4 rings (SSSR count). The third-order valence-corrected chi connectivity index (χ3v) is 7.79. The van der Waals surface area contributed by atoms with Gasteiger partial charge in [0.15, 0.2) is 0 Å². The largest absolute Gasteiger partial charge is 0.295 e. The van der Waals surface area contributed by atoms with Crippen LogP contribution in [0, 0.1) is 0 Å². The number of hydrogen-bond acceptors (Lipinski definition) is 5. The highest BCUT2D eigenvalue weighted by Gasteiger charge is 2.28. The van der Waals surface area contributed by atoms with E-state index in [9.17, 15) is 8.42 Å². The molecule has 0 spiro atoms. The van der Waals surface area contributed by atoms with Crippen molar-refractivity contribution in [2.45, 2.75) is 11.4 Å². The maximum atomic E-state index is 12.8. The van der Waals surface area contributed by atoms with Crippen molar-refractivity contribution in [3.63, 3.8) is 0 Å². The Morgan fingerprint density at radius 1 is 1.00 bits per heavy atom. The van der Waals surface area contributed by atoms with Gasteiger partial charge in [-0.2, -0.15) is 4.31 Å². The maximum absolute atomic E-state index is 12.8. The SMILES string of the molecule is O=S(=O)(c1cccc(Cl)c1)N1CCN(Cc2csc(-c3ccccc3)n2)CC1. The van der Waals surface area contributed by atoms with Gasteiger partial charge in [0, 0.05) is 48.7 Å². The molecule has 5 nitrogen and oxygen atoms in total. The van der Waals surface area contributed by atoms with Crippen LogP contribution in [0.2, 0.25) is 5.02 Å². The topological polar surface area (TPSA) is 53.5 Å². The van der Waals surface area contributed by atoms with Gasteiger partial charge < -0.3 is 0 Å². The van der Waals surface area contributed by atoms with E-state index >= 15 is 0 Å². The van der Waals surface area contributed by atoms with Crippen molar-refractivity contribution in [1.29, 1.82) is 0 Å². The molecule has 1 aromatic heterocycles. The van der Waals surface area contributed by atoms with E-state index < -0.39 is 10.0 Å². The fourth-order valence-electron chi connectivity index (χ4n) is 3.23. The Hall–Kier alpha value is -1.77. The monoisotopic (exact) mass is 433 g/mol. The Morgan fingerprint density at radius 3 is 2.46 bits per heavy atom. The molecule has 1 saturated heterocycles. The maximum Gasteiger partial charge on any atom is 0.243 e. The molecule has 28 heavy (non-hydrogen) atoms. The minimum absolute atomic E-state index is 0.250. The number of halogens is 1. The summed E-state index contributed by atoms with van der Waals surface area (Å²) in [6.07, 6.45) is 0. The molecule has 0 unspecified atom stereocenters. The van der Waals surface area contributed by atoms with E-state index in [1.54, 1.807) is 29.5 Å². The van der Waals surface area contributed by atoms with Gasteiger partial charge in [0.25, 0.3) is 0 Å². The summed E-state index contributed by atoms with van der Waals surface area (Å²) in [5.74, 6) is 0. The van der Waals surface area contributed by atoms with Crippen molar-refractivity contribution < 1.29 is 8.42 Å². The number of rotatable bonds is 5. The minimum atomic E-state index is -3.50. The minimum Gasteiger partial charge on any atom is -0.295 e. The Labute approximate surface area is 174 Å². The van der Waals surface area contributed by atoms with Gasteiger partial charge in [-0.15, -0.1) is 11.3 Å². The van der Waals surface area contributed by atoms with E-state index in [0.29, 0.717) is 31.2 Å². The van der Waals surface area contributed by atoms with Gasteiger partial charge in [-0.1, -0.05) is 48.0 Å². The first-order valence-electron chi connectivity index (χ1n) is 9.00. The first kappa shape index (κ1) is 19.5. The van der Waals surface area contributed by atoms with Gasteiger partial charge in [0.1, 0.15) is 5.01 Å². The molecule has 0 aliphatic carbocycles. The molecular formula is C20H20ClN3O2S2. The predicted octanol–water partition coefficient (Wildman–Crippen LogP) is 3.97. The Bertz CT molecular complexity index is 1050. The van der Waals surface area contributed by atoms with Crippen molar-refractivity contribution in [1.82, 2.24) is 14.2 Å². The molecule has 146 valence electrons. The van der Waals surface area contributed by atoms with Crippen LogP contribution in [0.3, 0.4) is 0 Å². The zero-order valence-corrected chi connectivity index (χ0v) is 17.6. The van der Waals surface area contributed by atoms with Gasteiger partial charge in [-0.05, 0) is 18.2 Å². The molecule has 0 bridgehead atoms. The lowest BCUT2D eigenvalue weighted by Gasteiger charge is -2.33. The van der Waals surface area contributed by atoms with Crippen LogP contribution in [0.1, 0.15) is 5.69 Å². The van der Waals surface area contributed by atoms with E-state index in [1.165, 1.54) is 10.4 Å². The zero-order chi connectivity index (χ0) is 19.6. The first-order valence-corrected chi connectivity index (χ1v) is 11.7. The molecule has 1 aliphatic heterocycles. The summed E-state index contributed by atoms with van der Waals surface area (Å²) >= 11 is 7.59. The van der Waals surface area contributed by atoms with Gasteiger partial charge >= 0.3 is 0 Å². The normalized spacial score (nSPS) is 16.3. The zero-order valence-electron chi connectivity index (χ0n) is 15.2. The number of benzene rings is 2. The van der Waals surface area contributed by atoms with Crippen LogP contribution in [0.4, 0.5) is 0 Å². The third kappa shape index (κ3) is 4.29. The van der Waals surface area contributed by atoms with E-state index in [1.807, 2.05) is 18.2 Å². The summed E-state index contributed by atoms with van der Waals surface area (Å²) in [7, 11) is -3.50. The van der Waals surface area contributed by atoms with E-state index in [4.69, 9.17) is 16.6 Å². The Morgan fingerprint density at radius 2 is 1.75 bits per heavy atom. The fourth-order valence-corrected chi connectivity index (χ4v) is 5.77. The lowest BCUT2D eigenvalue weighted by molar-refractivity contribution is 0.180. The van der Waals surface area contributed by atoms with Gasteiger partial charge in [-0.25, -0.2) is 13.4 Å². The summed E-state index contributed by atoms with van der Waals surface area (Å²) in [5.41, 5.74) is 2.14. The van der Waals surface area contributed by atoms with Gasteiger partial charge in [-0.3, -0.25) is 4.90 Å². The molecule has 0 N–H and O–H groups in total. The van der Waals surface area contributed by atoms with Crippen LogP contribution in [0.15, 0.2) is 64.9 Å². The standard InChI is InChI=1S/C20H20ClN3O2S2/c21-17-7-4-8-19(13-17)28(25,26)24-11-9-23(10-12-24)14-18-15-27-20(22-18)16-5-2-1-3-6-16/h1-8,13,15H,9-12,14H2. The van der Waals surface area contributed by atoms with Crippen molar-refractivity contribution in [3.05, 3.63) is 70.7 Å². The molecule has 2 heterocycles. The van der Waals surface area contributed by atoms with Crippen LogP contribution in [0.5, 0.6) is 0 Å². The number of nitrogens with zero attached hydrogens (tertiary/aromatic N) is 3. The summed E-state index contributed by atoms with van der Waals surface area (Å²) in [4.78, 5) is 7.22. The average Bonchev–Trinajstić information content (AvgIpc) is 3.18. The Kier molecular flexibility index (Phi) is 5.80. The molecule has 2 aromatic carbocycles. The quantitative estimate of drug-likeness (QED) is 0.611. The van der Waals surface area contributed by atoms with E-state index in [0.717, 1.165) is 22.8 Å². The van der Waals surface area contributed by atoms with Crippen molar-refractivity contribution >= 4 is 33.0 Å². The van der Waals surface area contributed by atoms with Crippen LogP contribution >= 0.6 is 22.9 Å². The smallest absolute Gasteiger partial charge is 0.243 e. The number of aromatic nitrogens is 1. The molecule has 0 radical (unpaired) electrons. The van der Waals surface area contributed by atoms with Crippen LogP contribution in [0.25, 0.3) is 10.6 Å². The summed E-state index contributed by atoms with van der Waals surface area (Å²) in [5, 5.41) is 3.52. The van der Waals surface area contributed by atoms with Crippen molar-refractivity contribution in [2.75, 3.05) is 26.2 Å². The molecular weight excluding hydrogens is 414 g/mol. The highest BCUT2D eigenvalue weighted by atomic mass is 35.5. The second-order valence-corrected chi connectivity index (χ2v) is 9.88. The second-order valence-electron chi connectivity index (χ2n) is 6.65. The predicted molar refractivity (Wildman–Crippen MR) is 113 cm³/mol. The highest BCUT2D eigenvalue weighted by molar-refractivity contribution is 7.89. The molecule has 0 amide bonds. The molecule has 3 aromatic rings. The summed E-state index contributed by atoms with van der Waals surface area (Å²) in [6.45, 7) is 3.01. The van der Waals surface area contributed by atoms with E-state index in [-0.39, 0.29) is 4.90 Å². The summed E-state index contributed by atoms with van der Waals surface area (Å²) in [6, 6.07) is 16.6.